The monoisotopic (exact) mass is 349 g/mol. The Morgan fingerprint density at radius 3 is 2.46 bits per heavy atom. The molecule has 0 bridgehead atoms. The number of aliphatic hydroxyl groups excluding tert-OH is 1. The molecular weight excluding hydrogens is 326 g/mol. The van der Waals surface area contributed by atoms with Crippen LogP contribution in [0.5, 0.6) is 0 Å². The summed E-state index contributed by atoms with van der Waals surface area (Å²) < 4.78 is 0. The second-order valence-electron chi connectivity index (χ2n) is 5.86. The molecule has 0 saturated carbocycles. The van der Waals surface area contributed by atoms with E-state index >= 15 is 0 Å². The highest BCUT2D eigenvalue weighted by molar-refractivity contribution is 5.63. The number of hydrogen-bond acceptors (Lipinski definition) is 6. The molecule has 0 aliphatic rings. The maximum Gasteiger partial charge on any atom is 0.225 e. The first kappa shape index (κ1) is 17.8. The molecule has 0 spiro atoms. The van der Waals surface area contributed by atoms with Crippen LogP contribution in [0, 0.1) is 0 Å². The van der Waals surface area contributed by atoms with Crippen LogP contribution in [0.15, 0.2) is 60.9 Å². The molecule has 0 unspecified atom stereocenters. The lowest BCUT2D eigenvalue weighted by Gasteiger charge is -2.11. The number of aliphatic hydroxyl groups is 1. The van der Waals surface area contributed by atoms with Crippen molar-refractivity contribution in [2.75, 3.05) is 30.3 Å². The van der Waals surface area contributed by atoms with Gasteiger partial charge in [-0.05, 0) is 30.5 Å². The Morgan fingerprint density at radius 1 is 0.885 bits per heavy atom. The van der Waals surface area contributed by atoms with Gasteiger partial charge < -0.3 is 15.7 Å². The number of hydrogen-bond donors (Lipinski definition) is 3. The summed E-state index contributed by atoms with van der Waals surface area (Å²) in [5.74, 6) is 1.32. The van der Waals surface area contributed by atoms with E-state index in [0.29, 0.717) is 18.9 Å². The summed E-state index contributed by atoms with van der Waals surface area (Å²) >= 11 is 0. The average molecular weight is 349 g/mol. The molecule has 6 nitrogen and oxygen atoms in total. The van der Waals surface area contributed by atoms with Gasteiger partial charge >= 0.3 is 0 Å². The van der Waals surface area contributed by atoms with Crippen molar-refractivity contribution in [1.29, 1.82) is 0 Å². The first-order valence-corrected chi connectivity index (χ1v) is 8.77. The highest BCUT2D eigenvalue weighted by Gasteiger charge is 2.07. The summed E-state index contributed by atoms with van der Waals surface area (Å²) in [5, 5.41) is 15.5. The van der Waals surface area contributed by atoms with Gasteiger partial charge in [0.2, 0.25) is 5.95 Å². The normalized spacial score (nSPS) is 10.5. The van der Waals surface area contributed by atoms with Gasteiger partial charge in [0.05, 0.1) is 5.69 Å². The van der Waals surface area contributed by atoms with Gasteiger partial charge in [-0.2, -0.15) is 4.98 Å². The zero-order valence-electron chi connectivity index (χ0n) is 14.6. The molecule has 2 aromatic heterocycles. The van der Waals surface area contributed by atoms with Crippen molar-refractivity contribution in [2.24, 2.45) is 0 Å². The minimum Gasteiger partial charge on any atom is -0.396 e. The van der Waals surface area contributed by atoms with E-state index in [9.17, 15) is 0 Å². The number of pyridine rings is 1. The van der Waals surface area contributed by atoms with E-state index in [4.69, 9.17) is 5.11 Å². The molecule has 0 amide bonds. The number of nitrogens with zero attached hydrogens (tertiary/aromatic N) is 3. The Hall–Kier alpha value is -2.99. The van der Waals surface area contributed by atoms with Gasteiger partial charge in [0.15, 0.2) is 0 Å². The van der Waals surface area contributed by atoms with Crippen molar-refractivity contribution in [3.63, 3.8) is 0 Å². The first-order valence-electron chi connectivity index (χ1n) is 8.77. The molecular formula is C20H23N5O. The fraction of sp³-hybridized carbons (Fsp3) is 0.250. The van der Waals surface area contributed by atoms with Crippen molar-refractivity contribution in [2.45, 2.75) is 12.8 Å². The molecule has 0 aliphatic carbocycles. The standard InChI is InChI=1S/C20H23N5O/c26-14-4-10-23-20-24-18(17-8-11-21-12-9-17)15-19(25-20)22-13-7-16-5-2-1-3-6-16/h1-3,5-6,8-9,11-12,15,26H,4,7,10,13-14H2,(H2,22,23,24,25). The fourth-order valence-corrected chi connectivity index (χ4v) is 2.55. The minimum atomic E-state index is 0.138. The molecule has 2 heterocycles. The van der Waals surface area contributed by atoms with Crippen molar-refractivity contribution in [3.05, 3.63) is 66.5 Å². The quantitative estimate of drug-likeness (QED) is 0.515. The molecule has 26 heavy (non-hydrogen) atoms. The van der Waals surface area contributed by atoms with Crippen LogP contribution in [-0.4, -0.2) is 39.8 Å². The SMILES string of the molecule is OCCCNc1nc(NCCc2ccccc2)cc(-c2ccncc2)n1. The Morgan fingerprint density at radius 2 is 1.69 bits per heavy atom. The van der Waals surface area contributed by atoms with Crippen LogP contribution in [0.2, 0.25) is 0 Å². The summed E-state index contributed by atoms with van der Waals surface area (Å²) in [6.07, 6.45) is 5.07. The van der Waals surface area contributed by atoms with E-state index in [1.807, 2.05) is 36.4 Å². The van der Waals surface area contributed by atoms with Gasteiger partial charge in [-0.3, -0.25) is 4.98 Å². The van der Waals surface area contributed by atoms with E-state index in [-0.39, 0.29) is 6.61 Å². The van der Waals surface area contributed by atoms with Gasteiger partial charge in [0, 0.05) is 43.7 Å². The molecule has 3 aromatic rings. The summed E-state index contributed by atoms with van der Waals surface area (Å²) in [6.45, 7) is 1.55. The van der Waals surface area contributed by atoms with Crippen molar-refractivity contribution < 1.29 is 5.11 Å². The Labute approximate surface area is 153 Å². The van der Waals surface area contributed by atoms with E-state index in [2.05, 4.69) is 37.7 Å². The van der Waals surface area contributed by atoms with E-state index in [1.165, 1.54) is 5.56 Å². The summed E-state index contributed by atoms with van der Waals surface area (Å²) in [4.78, 5) is 13.2. The van der Waals surface area contributed by atoms with Gasteiger partial charge in [0.25, 0.3) is 0 Å². The number of rotatable bonds is 9. The highest BCUT2D eigenvalue weighted by Crippen LogP contribution is 2.21. The average Bonchev–Trinajstić information content (AvgIpc) is 2.70. The molecule has 3 rings (SSSR count). The number of benzene rings is 1. The molecule has 0 atom stereocenters. The zero-order chi connectivity index (χ0) is 18.0. The summed E-state index contributed by atoms with van der Waals surface area (Å²) in [6, 6.07) is 16.1. The van der Waals surface area contributed by atoms with Crippen LogP contribution in [0.4, 0.5) is 11.8 Å². The van der Waals surface area contributed by atoms with E-state index in [0.717, 1.165) is 30.0 Å². The molecule has 6 heteroatoms. The Bertz CT molecular complexity index is 796. The molecule has 1 aromatic carbocycles. The maximum atomic E-state index is 8.96. The van der Waals surface area contributed by atoms with Crippen LogP contribution in [-0.2, 0) is 6.42 Å². The van der Waals surface area contributed by atoms with Gasteiger partial charge in [-0.25, -0.2) is 4.98 Å². The molecule has 0 saturated heterocycles. The lowest BCUT2D eigenvalue weighted by atomic mass is 10.1. The second-order valence-corrected chi connectivity index (χ2v) is 5.86. The van der Waals surface area contributed by atoms with Crippen molar-refractivity contribution in [3.8, 4) is 11.3 Å². The summed E-state index contributed by atoms with van der Waals surface area (Å²) in [7, 11) is 0. The van der Waals surface area contributed by atoms with Gasteiger partial charge in [-0.15, -0.1) is 0 Å². The second kappa shape index (κ2) is 9.48. The molecule has 134 valence electrons. The topological polar surface area (TPSA) is 83.0 Å². The summed E-state index contributed by atoms with van der Waals surface area (Å²) in [5.41, 5.74) is 3.10. The predicted octanol–water partition coefficient (Wildman–Crippen LogP) is 2.99. The lowest BCUT2D eigenvalue weighted by molar-refractivity contribution is 0.292. The third-order valence-corrected chi connectivity index (χ3v) is 3.88. The molecule has 0 fully saturated rings. The fourth-order valence-electron chi connectivity index (χ4n) is 2.55. The Balaban J connectivity index is 1.73. The maximum absolute atomic E-state index is 8.96. The molecule has 3 N–H and O–H groups in total. The van der Waals surface area contributed by atoms with E-state index in [1.54, 1.807) is 12.4 Å². The van der Waals surface area contributed by atoms with E-state index < -0.39 is 0 Å². The largest absolute Gasteiger partial charge is 0.396 e. The van der Waals surface area contributed by atoms with Crippen molar-refractivity contribution >= 4 is 11.8 Å². The zero-order valence-corrected chi connectivity index (χ0v) is 14.6. The molecule has 0 aliphatic heterocycles. The number of anilines is 2. The number of aromatic nitrogens is 3. The first-order chi connectivity index (χ1) is 12.8. The van der Waals surface area contributed by atoms with Crippen LogP contribution >= 0.6 is 0 Å². The van der Waals surface area contributed by atoms with Crippen molar-refractivity contribution in [1.82, 2.24) is 15.0 Å². The van der Waals surface area contributed by atoms with Crippen LogP contribution < -0.4 is 10.6 Å². The van der Waals surface area contributed by atoms with Crippen LogP contribution in [0.25, 0.3) is 11.3 Å². The minimum absolute atomic E-state index is 0.138. The van der Waals surface area contributed by atoms with Crippen LogP contribution in [0.3, 0.4) is 0 Å². The third kappa shape index (κ3) is 5.26. The highest BCUT2D eigenvalue weighted by atomic mass is 16.3. The Kier molecular flexibility index (Phi) is 6.50. The smallest absolute Gasteiger partial charge is 0.225 e. The van der Waals surface area contributed by atoms with Gasteiger partial charge in [-0.1, -0.05) is 30.3 Å². The van der Waals surface area contributed by atoms with Gasteiger partial charge in [0.1, 0.15) is 5.82 Å². The molecule has 0 radical (unpaired) electrons. The number of nitrogens with one attached hydrogen (secondary N) is 2. The van der Waals surface area contributed by atoms with Crippen LogP contribution in [0.1, 0.15) is 12.0 Å². The third-order valence-electron chi connectivity index (χ3n) is 3.88. The predicted molar refractivity (Wildman–Crippen MR) is 104 cm³/mol. The lowest BCUT2D eigenvalue weighted by Crippen LogP contribution is -2.11.